The number of nitrogens with one attached hydrogen (secondary N) is 2. The number of likely N-dealkylation sites (tertiary alicyclic amines) is 2. The number of pyridine rings is 2. The summed E-state index contributed by atoms with van der Waals surface area (Å²) >= 11 is 14.4. The number of amides is 2. The van der Waals surface area contributed by atoms with Gasteiger partial charge < -0.3 is 20.1 Å². The maximum atomic E-state index is 11.8. The Hall–Kier alpha value is -4.22. The van der Waals surface area contributed by atoms with Gasteiger partial charge in [-0.2, -0.15) is 0 Å². The van der Waals surface area contributed by atoms with Crippen LogP contribution in [0.4, 0.5) is 0 Å². The van der Waals surface area contributed by atoms with Crippen molar-refractivity contribution in [2.45, 2.75) is 63.7 Å². The van der Waals surface area contributed by atoms with Gasteiger partial charge in [0.1, 0.15) is 0 Å². The molecule has 52 heavy (non-hydrogen) atoms. The predicted octanol–water partition coefficient (Wildman–Crippen LogP) is 6.51. The van der Waals surface area contributed by atoms with E-state index in [1.807, 2.05) is 62.4 Å². The zero-order chi connectivity index (χ0) is 36.0. The molecule has 0 bridgehead atoms. The molecule has 4 saturated heterocycles. The standard InChI is InChI=1S/C40H42Cl2N6O4/c1-3-51-37-25(19-47-21-39(22-47)17-15-33(49)45-39)11-13-31(43-37)29-9-5-7-27(35(29)41)28-8-6-10-30(36(28)42)32-14-12-26(38(44-32)52-4-2)20-48-23-40(24-48)18-16-34(50)46-40/h5-14H,3-4,15-24H2,1-2H3,(H,45,49)(H,46,50). The number of aromatic nitrogens is 2. The molecule has 2 aromatic heterocycles. The highest BCUT2D eigenvalue weighted by atomic mass is 35.5. The summed E-state index contributed by atoms with van der Waals surface area (Å²) in [5.41, 5.74) is 6.35. The van der Waals surface area contributed by atoms with Crippen LogP contribution in [0.2, 0.25) is 10.0 Å². The molecule has 0 aliphatic carbocycles. The fourth-order valence-electron chi connectivity index (χ4n) is 8.22. The number of halogens is 2. The molecule has 4 fully saturated rings. The summed E-state index contributed by atoms with van der Waals surface area (Å²) in [6.07, 6.45) is 2.98. The third-order valence-corrected chi connectivity index (χ3v) is 11.5. The Balaban J connectivity index is 1.03. The van der Waals surface area contributed by atoms with Crippen molar-refractivity contribution in [2.75, 3.05) is 39.4 Å². The van der Waals surface area contributed by atoms with Gasteiger partial charge in [0.15, 0.2) is 0 Å². The highest BCUT2D eigenvalue weighted by molar-refractivity contribution is 6.39. The Bertz CT molecular complexity index is 1900. The first-order chi connectivity index (χ1) is 25.2. The molecule has 0 radical (unpaired) electrons. The number of benzene rings is 2. The van der Waals surface area contributed by atoms with E-state index in [0.717, 1.165) is 72.4 Å². The first-order valence-electron chi connectivity index (χ1n) is 18.1. The number of rotatable bonds is 11. The highest BCUT2D eigenvalue weighted by Gasteiger charge is 2.48. The quantitative estimate of drug-likeness (QED) is 0.179. The average molecular weight is 742 g/mol. The van der Waals surface area contributed by atoms with E-state index in [1.165, 1.54) is 0 Å². The molecule has 8 rings (SSSR count). The zero-order valence-corrected chi connectivity index (χ0v) is 30.9. The Morgan fingerprint density at radius 1 is 0.635 bits per heavy atom. The van der Waals surface area contributed by atoms with Gasteiger partial charge in [0.25, 0.3) is 0 Å². The summed E-state index contributed by atoms with van der Waals surface area (Å²) in [4.78, 5) is 38.1. The van der Waals surface area contributed by atoms with Gasteiger partial charge in [-0.1, -0.05) is 71.7 Å². The van der Waals surface area contributed by atoms with Crippen molar-refractivity contribution >= 4 is 35.0 Å². The molecule has 2 N–H and O–H groups in total. The van der Waals surface area contributed by atoms with Crippen LogP contribution >= 0.6 is 23.2 Å². The molecule has 0 saturated carbocycles. The molecule has 6 heterocycles. The predicted molar refractivity (Wildman–Crippen MR) is 201 cm³/mol. The van der Waals surface area contributed by atoms with Crippen LogP contribution in [-0.4, -0.2) is 82.1 Å². The molecular formula is C40H42Cl2N6O4. The van der Waals surface area contributed by atoms with Crippen molar-refractivity contribution in [2.24, 2.45) is 0 Å². The minimum Gasteiger partial charge on any atom is -0.478 e. The molecule has 10 nitrogen and oxygen atoms in total. The summed E-state index contributed by atoms with van der Waals surface area (Å²) in [5, 5.41) is 7.37. The monoisotopic (exact) mass is 740 g/mol. The van der Waals surface area contributed by atoms with E-state index in [-0.39, 0.29) is 22.9 Å². The molecule has 2 aromatic carbocycles. The second-order valence-electron chi connectivity index (χ2n) is 14.5. The van der Waals surface area contributed by atoms with E-state index >= 15 is 0 Å². The molecule has 4 aliphatic heterocycles. The Morgan fingerprint density at radius 2 is 1.04 bits per heavy atom. The molecule has 2 amide bonds. The number of hydrogen-bond acceptors (Lipinski definition) is 8. The van der Waals surface area contributed by atoms with E-state index < -0.39 is 0 Å². The van der Waals surface area contributed by atoms with Crippen molar-refractivity contribution < 1.29 is 19.1 Å². The third kappa shape index (κ3) is 6.62. The van der Waals surface area contributed by atoms with Crippen LogP contribution < -0.4 is 20.1 Å². The van der Waals surface area contributed by atoms with Gasteiger partial charge in [-0.05, 0) is 38.8 Å². The van der Waals surface area contributed by atoms with Gasteiger partial charge in [0, 0.05) is 85.5 Å². The lowest BCUT2D eigenvalue weighted by molar-refractivity contribution is -0.121. The van der Waals surface area contributed by atoms with Crippen LogP contribution in [0, 0.1) is 0 Å². The molecule has 270 valence electrons. The Morgan fingerprint density at radius 3 is 1.40 bits per heavy atom. The number of carbonyl (C=O) groups excluding carboxylic acids is 2. The normalized spacial score (nSPS) is 19.0. The van der Waals surface area contributed by atoms with Crippen molar-refractivity contribution in [3.8, 4) is 45.4 Å². The largest absolute Gasteiger partial charge is 0.478 e. The van der Waals surface area contributed by atoms with Crippen LogP contribution in [0.25, 0.3) is 33.6 Å². The summed E-state index contributed by atoms with van der Waals surface area (Å²) in [7, 11) is 0. The first-order valence-corrected chi connectivity index (χ1v) is 18.8. The SMILES string of the molecule is CCOc1nc(-c2cccc(-c3cccc(-c4ccc(CN5CC6(CCC(=O)N6)C5)c(OCC)n4)c3Cl)c2Cl)ccc1CN1CC2(CCC(=O)N2)C1. The van der Waals surface area contributed by atoms with Crippen LogP contribution in [0.3, 0.4) is 0 Å². The van der Waals surface area contributed by atoms with Gasteiger partial charge in [-0.15, -0.1) is 0 Å². The highest BCUT2D eigenvalue weighted by Crippen LogP contribution is 2.43. The maximum Gasteiger partial charge on any atom is 0.220 e. The summed E-state index contributed by atoms with van der Waals surface area (Å²) in [6, 6.07) is 19.8. The zero-order valence-electron chi connectivity index (χ0n) is 29.4. The second kappa shape index (κ2) is 14.0. The van der Waals surface area contributed by atoms with E-state index in [1.54, 1.807) is 0 Å². The lowest BCUT2D eigenvalue weighted by atomic mass is 9.88. The number of hydrogen-bond donors (Lipinski definition) is 2. The van der Waals surface area contributed by atoms with E-state index in [0.29, 0.717) is 72.3 Å². The lowest BCUT2D eigenvalue weighted by Gasteiger charge is -2.48. The molecule has 2 spiro atoms. The topological polar surface area (TPSA) is 109 Å². The average Bonchev–Trinajstić information content (AvgIpc) is 3.69. The molecular weight excluding hydrogens is 699 g/mol. The number of ether oxygens (including phenoxy) is 2. The smallest absolute Gasteiger partial charge is 0.220 e. The fourth-order valence-corrected chi connectivity index (χ4v) is 8.87. The van der Waals surface area contributed by atoms with E-state index in [2.05, 4.69) is 32.6 Å². The van der Waals surface area contributed by atoms with Crippen molar-refractivity contribution in [1.82, 2.24) is 30.4 Å². The van der Waals surface area contributed by atoms with Crippen molar-refractivity contribution in [1.29, 1.82) is 0 Å². The van der Waals surface area contributed by atoms with Crippen LogP contribution in [0.15, 0.2) is 60.7 Å². The van der Waals surface area contributed by atoms with Gasteiger partial charge in [-0.3, -0.25) is 19.4 Å². The van der Waals surface area contributed by atoms with E-state index in [4.69, 9.17) is 42.6 Å². The Labute approximate surface area is 313 Å². The van der Waals surface area contributed by atoms with Crippen molar-refractivity contribution in [3.63, 3.8) is 0 Å². The first kappa shape index (κ1) is 34.8. The van der Waals surface area contributed by atoms with Crippen LogP contribution in [0.5, 0.6) is 11.8 Å². The molecule has 4 aliphatic rings. The van der Waals surface area contributed by atoms with Gasteiger partial charge in [0.2, 0.25) is 23.6 Å². The number of carbonyl (C=O) groups is 2. The van der Waals surface area contributed by atoms with Gasteiger partial charge >= 0.3 is 0 Å². The summed E-state index contributed by atoms with van der Waals surface area (Å²) < 4.78 is 12.1. The number of nitrogens with zero attached hydrogens (tertiary/aromatic N) is 4. The minimum absolute atomic E-state index is 0.0804. The molecule has 4 aromatic rings. The molecule has 0 unspecified atom stereocenters. The van der Waals surface area contributed by atoms with Gasteiger partial charge in [0.05, 0.1) is 45.7 Å². The Kier molecular flexibility index (Phi) is 9.36. The van der Waals surface area contributed by atoms with Gasteiger partial charge in [-0.25, -0.2) is 9.97 Å². The fraction of sp³-hybridized carbons (Fsp3) is 0.400. The second-order valence-corrected chi connectivity index (χ2v) is 15.2. The van der Waals surface area contributed by atoms with Crippen LogP contribution in [-0.2, 0) is 22.7 Å². The minimum atomic E-state index is -0.0804. The maximum absolute atomic E-state index is 11.8. The molecule has 12 heteroatoms. The summed E-state index contributed by atoms with van der Waals surface area (Å²) in [5.74, 6) is 1.44. The summed E-state index contributed by atoms with van der Waals surface area (Å²) in [6.45, 7) is 9.56. The lowest BCUT2D eigenvalue weighted by Crippen LogP contribution is -2.66. The molecule has 0 atom stereocenters. The van der Waals surface area contributed by atoms with E-state index in [9.17, 15) is 9.59 Å². The third-order valence-electron chi connectivity index (χ3n) is 10.6. The van der Waals surface area contributed by atoms with Crippen molar-refractivity contribution in [3.05, 3.63) is 81.8 Å². The van der Waals surface area contributed by atoms with Crippen LogP contribution in [0.1, 0.15) is 50.7 Å².